The molecule has 4 heteroatoms. The minimum Gasteiger partial charge on any atom is -0.550 e. The molecular weight excluding hydrogens is 278 g/mol. The Morgan fingerprint density at radius 3 is 2.27 bits per heavy atom. The Morgan fingerprint density at radius 1 is 1.09 bits per heavy atom. The zero-order valence-electron chi connectivity index (χ0n) is 13.1. The summed E-state index contributed by atoms with van der Waals surface area (Å²) in [4.78, 5) is 23.6. The maximum Gasteiger partial charge on any atom is 0.224 e. The summed E-state index contributed by atoms with van der Waals surface area (Å²) in [6, 6.07) is 9.88. The molecule has 0 unspecified atom stereocenters. The molecule has 1 aliphatic carbocycles. The Labute approximate surface area is 131 Å². The Kier molecular flexibility index (Phi) is 5.36. The number of aliphatic carboxylic acids is 1. The highest BCUT2D eigenvalue weighted by Gasteiger charge is 2.33. The lowest BCUT2D eigenvalue weighted by atomic mass is 9.76. The van der Waals surface area contributed by atoms with Gasteiger partial charge in [0.25, 0.3) is 0 Å². The van der Waals surface area contributed by atoms with Gasteiger partial charge in [-0.2, -0.15) is 0 Å². The lowest BCUT2D eigenvalue weighted by Gasteiger charge is -2.32. The maximum absolute atomic E-state index is 12.3. The molecule has 0 fully saturated rings. The van der Waals surface area contributed by atoms with E-state index in [9.17, 15) is 14.7 Å². The van der Waals surface area contributed by atoms with E-state index in [0.717, 1.165) is 23.1 Å². The molecule has 2 atom stereocenters. The SMILES string of the molecule is CC1=C(C)C[C@@H](C(=O)NCCc2ccccc2)[C@@H](C(=O)[O-])C1. The zero-order valence-corrected chi connectivity index (χ0v) is 13.1. The summed E-state index contributed by atoms with van der Waals surface area (Å²) >= 11 is 0. The predicted octanol–water partition coefficient (Wildman–Crippen LogP) is 1.46. The van der Waals surface area contributed by atoms with Crippen LogP contribution in [0.1, 0.15) is 32.3 Å². The molecule has 0 bridgehead atoms. The molecule has 2 rings (SSSR count). The largest absolute Gasteiger partial charge is 0.550 e. The van der Waals surface area contributed by atoms with E-state index in [1.807, 2.05) is 44.2 Å². The third-order valence-electron chi connectivity index (χ3n) is 4.46. The van der Waals surface area contributed by atoms with Gasteiger partial charge < -0.3 is 15.2 Å². The summed E-state index contributed by atoms with van der Waals surface area (Å²) < 4.78 is 0. The van der Waals surface area contributed by atoms with Gasteiger partial charge in [0.1, 0.15) is 0 Å². The van der Waals surface area contributed by atoms with Crippen LogP contribution in [0, 0.1) is 11.8 Å². The van der Waals surface area contributed by atoms with E-state index >= 15 is 0 Å². The van der Waals surface area contributed by atoms with Crippen molar-refractivity contribution in [3.63, 3.8) is 0 Å². The number of carboxylic acids is 1. The molecule has 1 aromatic carbocycles. The number of allylic oxidation sites excluding steroid dienone is 2. The third kappa shape index (κ3) is 3.97. The van der Waals surface area contributed by atoms with Gasteiger partial charge in [0.15, 0.2) is 0 Å². The number of carbonyl (C=O) groups is 2. The predicted molar refractivity (Wildman–Crippen MR) is 82.8 cm³/mol. The Bertz CT molecular complexity index is 577. The second-order valence-corrected chi connectivity index (χ2v) is 6.03. The van der Waals surface area contributed by atoms with Gasteiger partial charge in [-0.05, 0) is 38.7 Å². The fourth-order valence-corrected chi connectivity index (χ4v) is 2.92. The summed E-state index contributed by atoms with van der Waals surface area (Å²) in [6.07, 6.45) is 1.65. The van der Waals surface area contributed by atoms with Crippen LogP contribution in [0.5, 0.6) is 0 Å². The van der Waals surface area contributed by atoms with Gasteiger partial charge in [-0.1, -0.05) is 41.5 Å². The van der Waals surface area contributed by atoms with Gasteiger partial charge in [0.05, 0.1) is 0 Å². The van der Waals surface area contributed by atoms with Gasteiger partial charge in [0.2, 0.25) is 5.91 Å². The summed E-state index contributed by atoms with van der Waals surface area (Å²) in [5, 5.41) is 14.2. The van der Waals surface area contributed by atoms with Gasteiger partial charge >= 0.3 is 0 Å². The van der Waals surface area contributed by atoms with Crippen molar-refractivity contribution < 1.29 is 14.7 Å². The number of amides is 1. The summed E-state index contributed by atoms with van der Waals surface area (Å²) in [6.45, 7) is 4.40. The molecule has 0 heterocycles. The number of hydrogen-bond donors (Lipinski definition) is 1. The molecule has 0 radical (unpaired) electrons. The highest BCUT2D eigenvalue weighted by molar-refractivity contribution is 5.85. The number of benzene rings is 1. The van der Waals surface area contributed by atoms with E-state index in [1.165, 1.54) is 0 Å². The molecule has 1 aliphatic rings. The molecule has 0 aliphatic heterocycles. The molecular formula is C18H22NO3-. The van der Waals surface area contributed by atoms with E-state index in [2.05, 4.69) is 5.32 Å². The topological polar surface area (TPSA) is 69.2 Å². The third-order valence-corrected chi connectivity index (χ3v) is 4.46. The number of nitrogens with one attached hydrogen (secondary N) is 1. The van der Waals surface area contributed by atoms with Crippen LogP contribution < -0.4 is 10.4 Å². The second-order valence-electron chi connectivity index (χ2n) is 6.03. The van der Waals surface area contributed by atoms with Crippen molar-refractivity contribution >= 4 is 11.9 Å². The quantitative estimate of drug-likeness (QED) is 0.837. The lowest BCUT2D eigenvalue weighted by Crippen LogP contribution is -2.45. The van der Waals surface area contributed by atoms with E-state index in [1.54, 1.807) is 0 Å². The molecule has 118 valence electrons. The van der Waals surface area contributed by atoms with Gasteiger partial charge in [-0.3, -0.25) is 4.79 Å². The smallest absolute Gasteiger partial charge is 0.224 e. The molecule has 4 nitrogen and oxygen atoms in total. The fourth-order valence-electron chi connectivity index (χ4n) is 2.92. The standard InChI is InChI=1S/C18H23NO3/c1-12-10-15(16(18(21)22)11-13(12)2)17(20)19-9-8-14-6-4-3-5-7-14/h3-7,15-16H,8-11H2,1-2H3,(H,19,20)(H,21,22)/p-1/t15-,16+/m1/s1. The molecule has 22 heavy (non-hydrogen) atoms. The van der Waals surface area contributed by atoms with Crippen LogP contribution in [-0.2, 0) is 16.0 Å². The first-order chi connectivity index (χ1) is 10.5. The maximum atomic E-state index is 12.3. The van der Waals surface area contributed by atoms with Crippen LogP contribution in [-0.4, -0.2) is 18.4 Å². The monoisotopic (exact) mass is 300 g/mol. The molecule has 1 amide bonds. The number of rotatable bonds is 5. The molecule has 0 spiro atoms. The first kappa shape index (κ1) is 16.3. The van der Waals surface area contributed by atoms with Crippen LogP contribution >= 0.6 is 0 Å². The first-order valence-electron chi connectivity index (χ1n) is 7.66. The summed E-state index contributed by atoms with van der Waals surface area (Å²) in [5.74, 6) is -2.56. The van der Waals surface area contributed by atoms with Crippen LogP contribution in [0.2, 0.25) is 0 Å². The van der Waals surface area contributed by atoms with Crippen LogP contribution in [0.3, 0.4) is 0 Å². The van der Waals surface area contributed by atoms with Crippen molar-refractivity contribution in [2.75, 3.05) is 6.54 Å². The summed E-state index contributed by atoms with van der Waals surface area (Å²) in [5.41, 5.74) is 3.32. The van der Waals surface area contributed by atoms with Crippen molar-refractivity contribution in [2.24, 2.45) is 11.8 Å². The highest BCUT2D eigenvalue weighted by Crippen LogP contribution is 2.33. The van der Waals surface area contributed by atoms with E-state index in [4.69, 9.17) is 0 Å². The zero-order chi connectivity index (χ0) is 16.1. The first-order valence-corrected chi connectivity index (χ1v) is 7.66. The Balaban J connectivity index is 1.94. The van der Waals surface area contributed by atoms with Crippen molar-refractivity contribution in [1.29, 1.82) is 0 Å². The second kappa shape index (κ2) is 7.25. The Morgan fingerprint density at radius 2 is 1.68 bits per heavy atom. The molecule has 0 aromatic heterocycles. The lowest BCUT2D eigenvalue weighted by molar-refractivity contribution is -0.313. The van der Waals surface area contributed by atoms with Crippen molar-refractivity contribution in [1.82, 2.24) is 5.32 Å². The average Bonchev–Trinajstić information content (AvgIpc) is 2.50. The van der Waals surface area contributed by atoms with Gasteiger partial charge in [-0.15, -0.1) is 0 Å². The minimum absolute atomic E-state index is 0.183. The summed E-state index contributed by atoms with van der Waals surface area (Å²) in [7, 11) is 0. The van der Waals surface area contributed by atoms with E-state index in [-0.39, 0.29) is 5.91 Å². The van der Waals surface area contributed by atoms with E-state index in [0.29, 0.717) is 19.4 Å². The number of hydrogen-bond acceptors (Lipinski definition) is 3. The normalized spacial score (nSPS) is 21.5. The number of carbonyl (C=O) groups excluding carboxylic acids is 2. The molecule has 0 saturated carbocycles. The Hall–Kier alpha value is -2.10. The van der Waals surface area contributed by atoms with Crippen LogP contribution in [0.25, 0.3) is 0 Å². The van der Waals surface area contributed by atoms with E-state index < -0.39 is 17.8 Å². The van der Waals surface area contributed by atoms with Crippen molar-refractivity contribution in [2.45, 2.75) is 33.1 Å². The average molecular weight is 300 g/mol. The molecule has 1 N–H and O–H groups in total. The van der Waals surface area contributed by atoms with Gasteiger partial charge in [-0.25, -0.2) is 0 Å². The molecule has 1 aromatic rings. The van der Waals surface area contributed by atoms with Crippen molar-refractivity contribution in [3.05, 3.63) is 47.0 Å². The van der Waals surface area contributed by atoms with Crippen LogP contribution in [0.15, 0.2) is 41.5 Å². The molecule has 0 saturated heterocycles. The fraction of sp³-hybridized carbons (Fsp3) is 0.444. The minimum atomic E-state index is -1.13. The number of carboxylic acid groups (broad SMARTS) is 1. The van der Waals surface area contributed by atoms with Crippen LogP contribution in [0.4, 0.5) is 0 Å². The van der Waals surface area contributed by atoms with Crippen molar-refractivity contribution in [3.8, 4) is 0 Å². The van der Waals surface area contributed by atoms with Gasteiger partial charge in [0, 0.05) is 24.3 Å². The highest BCUT2D eigenvalue weighted by atomic mass is 16.4.